The maximum absolute atomic E-state index is 11.4. The summed E-state index contributed by atoms with van der Waals surface area (Å²) in [6.45, 7) is 6.05. The molecule has 0 aromatic rings. The quantitative estimate of drug-likeness (QED) is 0.790. The number of halogens is 2. The number of nitrogens with one attached hydrogen (secondary N) is 2. The van der Waals surface area contributed by atoms with Crippen LogP contribution in [0.3, 0.4) is 0 Å². The van der Waals surface area contributed by atoms with Gasteiger partial charge in [-0.1, -0.05) is 22.5 Å². The molecule has 6 heteroatoms. The van der Waals surface area contributed by atoms with Crippen molar-refractivity contribution in [1.82, 2.24) is 10.6 Å². The summed E-state index contributed by atoms with van der Waals surface area (Å²) in [5, 5.41) is 5.78. The van der Waals surface area contributed by atoms with Gasteiger partial charge >= 0.3 is 0 Å². The van der Waals surface area contributed by atoms with E-state index in [4.69, 9.17) is 4.74 Å². The highest BCUT2D eigenvalue weighted by molar-refractivity contribution is 9.11. The first-order valence-electron chi connectivity index (χ1n) is 4.13. The Kier molecular flexibility index (Phi) is 7.17. The molecule has 1 heterocycles. The second kappa shape index (κ2) is 7.23. The van der Waals surface area contributed by atoms with E-state index in [0.29, 0.717) is 19.7 Å². The highest BCUT2D eigenvalue weighted by atomic mass is 79.9. The molecule has 0 radical (unpaired) electrons. The standard InChI is InChI=1S/C8H13BrN2O2.ClH/c1-6(9)4-11-8(12)7-5-10-2-3-13-7;/h7,10H,1-5H2,(H,11,12);1H/t7-;/m0./s1. The molecule has 82 valence electrons. The number of hydrogen-bond acceptors (Lipinski definition) is 3. The molecule has 1 aliphatic heterocycles. The van der Waals surface area contributed by atoms with Crippen molar-refractivity contribution in [1.29, 1.82) is 0 Å². The molecule has 1 atom stereocenters. The first-order valence-corrected chi connectivity index (χ1v) is 4.93. The second-order valence-electron chi connectivity index (χ2n) is 2.80. The van der Waals surface area contributed by atoms with Crippen LogP contribution < -0.4 is 10.6 Å². The van der Waals surface area contributed by atoms with Gasteiger partial charge in [-0.2, -0.15) is 0 Å². The minimum atomic E-state index is -0.361. The van der Waals surface area contributed by atoms with E-state index < -0.39 is 0 Å². The topological polar surface area (TPSA) is 50.4 Å². The van der Waals surface area contributed by atoms with E-state index in [1.54, 1.807) is 0 Å². The molecule has 1 saturated heterocycles. The van der Waals surface area contributed by atoms with E-state index in [-0.39, 0.29) is 24.4 Å². The zero-order valence-electron chi connectivity index (χ0n) is 7.72. The number of carbonyl (C=O) groups excluding carboxylic acids is 1. The van der Waals surface area contributed by atoms with Gasteiger partial charge in [-0.25, -0.2) is 0 Å². The molecule has 0 spiro atoms. The Balaban J connectivity index is 0.00000169. The van der Waals surface area contributed by atoms with Crippen LogP contribution in [-0.2, 0) is 9.53 Å². The summed E-state index contributed by atoms with van der Waals surface area (Å²) < 4.78 is 6.01. The maximum atomic E-state index is 11.4. The Morgan fingerprint density at radius 2 is 2.43 bits per heavy atom. The predicted molar refractivity (Wildman–Crippen MR) is 60.9 cm³/mol. The van der Waals surface area contributed by atoms with Gasteiger partial charge in [0.15, 0.2) is 0 Å². The Bertz CT molecular complexity index is 208. The molecule has 4 nitrogen and oxygen atoms in total. The molecule has 1 rings (SSSR count). The van der Waals surface area contributed by atoms with Crippen molar-refractivity contribution in [3.63, 3.8) is 0 Å². The van der Waals surface area contributed by atoms with Crippen molar-refractivity contribution in [2.45, 2.75) is 6.10 Å². The fourth-order valence-corrected chi connectivity index (χ4v) is 1.17. The van der Waals surface area contributed by atoms with Gasteiger partial charge in [-0.15, -0.1) is 12.4 Å². The molecular formula is C8H14BrClN2O2. The fraction of sp³-hybridized carbons (Fsp3) is 0.625. The average molecular weight is 286 g/mol. The first-order chi connectivity index (χ1) is 6.20. The number of morpholine rings is 1. The lowest BCUT2D eigenvalue weighted by molar-refractivity contribution is -0.133. The normalized spacial score (nSPS) is 20.8. The number of hydrogen-bond donors (Lipinski definition) is 2. The van der Waals surface area contributed by atoms with Crippen molar-refractivity contribution in [2.75, 3.05) is 26.2 Å². The smallest absolute Gasteiger partial charge is 0.250 e. The molecule has 0 aromatic carbocycles. The Morgan fingerprint density at radius 1 is 1.71 bits per heavy atom. The molecule has 1 amide bonds. The monoisotopic (exact) mass is 284 g/mol. The van der Waals surface area contributed by atoms with Crippen LogP contribution in [0.15, 0.2) is 11.1 Å². The lowest BCUT2D eigenvalue weighted by Gasteiger charge is -2.22. The summed E-state index contributed by atoms with van der Waals surface area (Å²) in [6, 6.07) is 0. The van der Waals surface area contributed by atoms with Gasteiger partial charge in [-0.05, 0) is 0 Å². The molecule has 14 heavy (non-hydrogen) atoms. The predicted octanol–water partition coefficient (Wildman–Crippen LogP) is 0.421. The van der Waals surface area contributed by atoms with E-state index in [2.05, 4.69) is 33.1 Å². The number of ether oxygens (including phenoxy) is 1. The van der Waals surface area contributed by atoms with Gasteiger partial charge in [0.1, 0.15) is 6.10 Å². The third-order valence-electron chi connectivity index (χ3n) is 1.67. The van der Waals surface area contributed by atoms with Gasteiger partial charge in [0.05, 0.1) is 6.61 Å². The highest BCUT2D eigenvalue weighted by Gasteiger charge is 2.20. The van der Waals surface area contributed by atoms with Gasteiger partial charge in [0, 0.05) is 24.1 Å². The van der Waals surface area contributed by atoms with Gasteiger partial charge in [0.2, 0.25) is 0 Å². The summed E-state index contributed by atoms with van der Waals surface area (Å²) in [5.41, 5.74) is 0. The van der Waals surface area contributed by atoms with Crippen molar-refractivity contribution in [3.05, 3.63) is 11.1 Å². The second-order valence-corrected chi connectivity index (χ2v) is 3.92. The Hall–Kier alpha value is -0.100. The van der Waals surface area contributed by atoms with Gasteiger partial charge < -0.3 is 15.4 Å². The molecule has 1 aliphatic rings. The SMILES string of the molecule is C=C(Br)CNC(=O)[C@@H]1CNCCO1.Cl. The summed E-state index contributed by atoms with van der Waals surface area (Å²) in [5.74, 6) is -0.0900. The van der Waals surface area contributed by atoms with E-state index in [1.165, 1.54) is 0 Å². The zero-order valence-corrected chi connectivity index (χ0v) is 10.1. The molecule has 0 bridgehead atoms. The Labute approximate surface area is 98.0 Å². The third-order valence-corrected chi connectivity index (χ3v) is 1.95. The minimum Gasteiger partial charge on any atom is -0.366 e. The van der Waals surface area contributed by atoms with Crippen LogP contribution in [0.4, 0.5) is 0 Å². The van der Waals surface area contributed by atoms with Crippen LogP contribution in [-0.4, -0.2) is 38.3 Å². The summed E-state index contributed by atoms with van der Waals surface area (Å²) >= 11 is 3.16. The lowest BCUT2D eigenvalue weighted by Crippen LogP contribution is -2.48. The highest BCUT2D eigenvalue weighted by Crippen LogP contribution is 1.99. The fourth-order valence-electron chi connectivity index (χ4n) is 1.03. The Morgan fingerprint density at radius 3 is 2.93 bits per heavy atom. The number of rotatable bonds is 3. The zero-order chi connectivity index (χ0) is 9.68. The first kappa shape index (κ1) is 13.9. The summed E-state index contributed by atoms with van der Waals surface area (Å²) in [7, 11) is 0. The lowest BCUT2D eigenvalue weighted by atomic mass is 10.3. The molecule has 0 aromatic heterocycles. The molecule has 1 fully saturated rings. The number of carbonyl (C=O) groups is 1. The van der Waals surface area contributed by atoms with E-state index >= 15 is 0 Å². The van der Waals surface area contributed by atoms with Gasteiger partial charge in [0.25, 0.3) is 5.91 Å². The van der Waals surface area contributed by atoms with E-state index in [0.717, 1.165) is 11.0 Å². The molecule has 0 unspecified atom stereocenters. The van der Waals surface area contributed by atoms with Crippen LogP contribution in [0.5, 0.6) is 0 Å². The van der Waals surface area contributed by atoms with Crippen molar-refractivity contribution in [3.8, 4) is 0 Å². The van der Waals surface area contributed by atoms with Crippen LogP contribution in [0.1, 0.15) is 0 Å². The van der Waals surface area contributed by atoms with Crippen molar-refractivity contribution >= 4 is 34.2 Å². The summed E-state index contributed by atoms with van der Waals surface area (Å²) in [4.78, 5) is 11.4. The van der Waals surface area contributed by atoms with Crippen LogP contribution in [0.2, 0.25) is 0 Å². The number of amides is 1. The molecule has 0 aliphatic carbocycles. The minimum absolute atomic E-state index is 0. The van der Waals surface area contributed by atoms with Crippen molar-refractivity contribution in [2.24, 2.45) is 0 Å². The largest absolute Gasteiger partial charge is 0.366 e. The van der Waals surface area contributed by atoms with Gasteiger partial charge in [-0.3, -0.25) is 4.79 Å². The summed E-state index contributed by atoms with van der Waals surface area (Å²) in [6.07, 6.45) is -0.361. The maximum Gasteiger partial charge on any atom is 0.250 e. The molecule has 2 N–H and O–H groups in total. The third kappa shape index (κ3) is 4.95. The molecular weight excluding hydrogens is 271 g/mol. The van der Waals surface area contributed by atoms with E-state index in [1.807, 2.05) is 0 Å². The van der Waals surface area contributed by atoms with Crippen LogP contribution in [0, 0.1) is 0 Å². The average Bonchev–Trinajstić information content (AvgIpc) is 2.15. The van der Waals surface area contributed by atoms with Crippen LogP contribution >= 0.6 is 28.3 Å². The molecule has 0 saturated carbocycles. The van der Waals surface area contributed by atoms with E-state index in [9.17, 15) is 4.79 Å². The van der Waals surface area contributed by atoms with Crippen LogP contribution in [0.25, 0.3) is 0 Å². The van der Waals surface area contributed by atoms with Crippen molar-refractivity contribution < 1.29 is 9.53 Å².